The van der Waals surface area contributed by atoms with E-state index in [0.717, 1.165) is 36.7 Å². The van der Waals surface area contributed by atoms with Gasteiger partial charge in [0.05, 0.1) is 11.7 Å². The smallest absolute Gasteiger partial charge is 0.147 e. The number of hydrogen-bond donors (Lipinski definition) is 1. The van der Waals surface area contributed by atoms with Gasteiger partial charge >= 0.3 is 0 Å². The predicted octanol–water partition coefficient (Wildman–Crippen LogP) is 1.11. The Labute approximate surface area is 112 Å². The van der Waals surface area contributed by atoms with Crippen LogP contribution in [-0.4, -0.2) is 46.5 Å². The third-order valence-corrected chi connectivity index (χ3v) is 3.34. The Morgan fingerprint density at radius 1 is 1.21 bits per heavy atom. The van der Waals surface area contributed by atoms with Gasteiger partial charge in [-0.2, -0.15) is 0 Å². The summed E-state index contributed by atoms with van der Waals surface area (Å²) in [5.41, 5.74) is 2.02. The van der Waals surface area contributed by atoms with Gasteiger partial charge in [-0.05, 0) is 25.2 Å². The fourth-order valence-electron chi connectivity index (χ4n) is 2.30. The molecule has 0 bridgehead atoms. The van der Waals surface area contributed by atoms with E-state index in [9.17, 15) is 0 Å². The highest BCUT2D eigenvalue weighted by Gasteiger charge is 2.20. The summed E-state index contributed by atoms with van der Waals surface area (Å²) in [6, 6.07) is 6.07. The Morgan fingerprint density at radius 3 is 2.84 bits per heavy atom. The molecule has 0 spiro atoms. The lowest BCUT2D eigenvalue weighted by atomic mass is 10.1. The van der Waals surface area contributed by atoms with Crippen LogP contribution < -0.4 is 5.32 Å². The lowest BCUT2D eigenvalue weighted by molar-refractivity contribution is 0.235. The SMILES string of the molecule is CN1CCNC(c2nccc(-c3ccncc3)n2)C1. The Hall–Kier alpha value is -1.85. The van der Waals surface area contributed by atoms with E-state index in [0.29, 0.717) is 0 Å². The monoisotopic (exact) mass is 255 g/mol. The molecule has 1 fully saturated rings. The minimum absolute atomic E-state index is 0.209. The third-order valence-electron chi connectivity index (χ3n) is 3.34. The first-order valence-electron chi connectivity index (χ1n) is 6.48. The highest BCUT2D eigenvalue weighted by molar-refractivity contribution is 5.57. The van der Waals surface area contributed by atoms with Gasteiger partial charge in [-0.3, -0.25) is 4.98 Å². The van der Waals surface area contributed by atoms with Crippen molar-refractivity contribution in [2.45, 2.75) is 6.04 Å². The van der Waals surface area contributed by atoms with Crippen LogP contribution in [0.1, 0.15) is 11.9 Å². The Morgan fingerprint density at radius 2 is 2.05 bits per heavy atom. The molecule has 1 unspecified atom stereocenters. The van der Waals surface area contributed by atoms with E-state index in [2.05, 4.69) is 32.2 Å². The first-order valence-corrected chi connectivity index (χ1v) is 6.48. The predicted molar refractivity (Wildman–Crippen MR) is 73.5 cm³/mol. The number of nitrogens with zero attached hydrogens (tertiary/aromatic N) is 4. The van der Waals surface area contributed by atoms with Crippen LogP contribution in [0.3, 0.4) is 0 Å². The molecule has 1 saturated heterocycles. The van der Waals surface area contributed by atoms with E-state index >= 15 is 0 Å². The zero-order valence-electron chi connectivity index (χ0n) is 11.0. The number of piperazine rings is 1. The van der Waals surface area contributed by atoms with Crippen LogP contribution in [0.25, 0.3) is 11.3 Å². The van der Waals surface area contributed by atoms with Crippen LogP contribution in [0.15, 0.2) is 36.8 Å². The first-order chi connectivity index (χ1) is 9.33. The van der Waals surface area contributed by atoms with Crippen molar-refractivity contribution in [1.82, 2.24) is 25.2 Å². The second-order valence-corrected chi connectivity index (χ2v) is 4.80. The van der Waals surface area contributed by atoms with Crippen molar-refractivity contribution in [2.24, 2.45) is 0 Å². The molecule has 2 aromatic rings. The Bertz CT molecular complexity index is 543. The molecule has 5 heteroatoms. The van der Waals surface area contributed by atoms with Crippen LogP contribution in [0.4, 0.5) is 0 Å². The maximum atomic E-state index is 4.67. The summed E-state index contributed by atoms with van der Waals surface area (Å²) in [6.07, 6.45) is 5.39. The molecular weight excluding hydrogens is 238 g/mol. The van der Waals surface area contributed by atoms with E-state index < -0.39 is 0 Å². The summed E-state index contributed by atoms with van der Waals surface area (Å²) in [4.78, 5) is 15.4. The van der Waals surface area contributed by atoms with E-state index in [4.69, 9.17) is 0 Å². The van der Waals surface area contributed by atoms with Crippen molar-refractivity contribution in [3.63, 3.8) is 0 Å². The molecule has 0 aromatic carbocycles. The molecular formula is C14H17N5. The molecule has 1 aliphatic rings. The molecule has 1 N–H and O–H groups in total. The van der Waals surface area contributed by atoms with Crippen molar-refractivity contribution in [2.75, 3.05) is 26.7 Å². The lowest BCUT2D eigenvalue weighted by Crippen LogP contribution is -2.44. The quantitative estimate of drug-likeness (QED) is 0.871. The summed E-state index contributed by atoms with van der Waals surface area (Å²) in [7, 11) is 2.13. The van der Waals surface area contributed by atoms with Crippen LogP contribution in [0.2, 0.25) is 0 Å². The average Bonchev–Trinajstić information content (AvgIpc) is 2.48. The van der Waals surface area contributed by atoms with Crippen LogP contribution in [-0.2, 0) is 0 Å². The normalized spacial score (nSPS) is 20.4. The molecule has 0 amide bonds. The number of hydrogen-bond acceptors (Lipinski definition) is 5. The second-order valence-electron chi connectivity index (χ2n) is 4.80. The zero-order chi connectivity index (χ0) is 13.1. The first kappa shape index (κ1) is 12.2. The van der Waals surface area contributed by atoms with Gasteiger partial charge in [-0.15, -0.1) is 0 Å². The van der Waals surface area contributed by atoms with E-state index in [1.54, 1.807) is 12.4 Å². The minimum atomic E-state index is 0.209. The Balaban J connectivity index is 1.88. The molecule has 19 heavy (non-hydrogen) atoms. The Kier molecular flexibility index (Phi) is 3.48. The number of aromatic nitrogens is 3. The third kappa shape index (κ3) is 2.77. The van der Waals surface area contributed by atoms with Crippen molar-refractivity contribution < 1.29 is 0 Å². The molecule has 3 rings (SSSR count). The van der Waals surface area contributed by atoms with Gasteiger partial charge in [0.25, 0.3) is 0 Å². The number of likely N-dealkylation sites (N-methyl/N-ethyl adjacent to an activating group) is 1. The van der Waals surface area contributed by atoms with Crippen LogP contribution in [0.5, 0.6) is 0 Å². The molecule has 0 aliphatic carbocycles. The number of nitrogens with one attached hydrogen (secondary N) is 1. The standard InChI is InChI=1S/C14H17N5/c1-19-9-8-16-13(10-19)14-17-7-4-12(18-14)11-2-5-15-6-3-11/h2-7,13,16H,8-10H2,1H3. The summed E-state index contributed by atoms with van der Waals surface area (Å²) >= 11 is 0. The lowest BCUT2D eigenvalue weighted by Gasteiger charge is -2.29. The van der Waals surface area contributed by atoms with Gasteiger partial charge in [-0.25, -0.2) is 9.97 Å². The molecule has 0 saturated carbocycles. The topological polar surface area (TPSA) is 53.9 Å². The molecule has 2 aromatic heterocycles. The van der Waals surface area contributed by atoms with Crippen molar-refractivity contribution >= 4 is 0 Å². The molecule has 1 aliphatic heterocycles. The van der Waals surface area contributed by atoms with Crippen LogP contribution >= 0.6 is 0 Å². The van der Waals surface area contributed by atoms with Gasteiger partial charge in [0.15, 0.2) is 0 Å². The summed E-state index contributed by atoms with van der Waals surface area (Å²) in [6.45, 7) is 2.99. The van der Waals surface area contributed by atoms with Gasteiger partial charge in [0.2, 0.25) is 0 Å². The van der Waals surface area contributed by atoms with Gasteiger partial charge in [0.1, 0.15) is 5.82 Å². The van der Waals surface area contributed by atoms with Crippen molar-refractivity contribution in [3.8, 4) is 11.3 Å². The average molecular weight is 255 g/mol. The van der Waals surface area contributed by atoms with Gasteiger partial charge < -0.3 is 10.2 Å². The molecule has 0 radical (unpaired) electrons. The zero-order valence-corrected chi connectivity index (χ0v) is 11.0. The van der Waals surface area contributed by atoms with Crippen molar-refractivity contribution in [3.05, 3.63) is 42.6 Å². The second kappa shape index (κ2) is 5.42. The molecule has 1 atom stereocenters. The number of pyridine rings is 1. The fraction of sp³-hybridized carbons (Fsp3) is 0.357. The largest absolute Gasteiger partial charge is 0.305 e. The summed E-state index contributed by atoms with van der Waals surface area (Å²) in [5.74, 6) is 0.862. The van der Waals surface area contributed by atoms with E-state index in [1.165, 1.54) is 0 Å². The summed E-state index contributed by atoms with van der Waals surface area (Å²) in [5, 5.41) is 3.47. The van der Waals surface area contributed by atoms with Gasteiger partial charge in [0, 0.05) is 43.8 Å². The maximum absolute atomic E-state index is 4.67. The molecule has 3 heterocycles. The molecule has 98 valence electrons. The van der Waals surface area contributed by atoms with Gasteiger partial charge in [-0.1, -0.05) is 0 Å². The van der Waals surface area contributed by atoms with E-state index in [1.807, 2.05) is 24.4 Å². The summed E-state index contributed by atoms with van der Waals surface area (Å²) < 4.78 is 0. The number of rotatable bonds is 2. The van der Waals surface area contributed by atoms with Crippen molar-refractivity contribution in [1.29, 1.82) is 0 Å². The highest BCUT2D eigenvalue weighted by atomic mass is 15.2. The maximum Gasteiger partial charge on any atom is 0.147 e. The van der Waals surface area contributed by atoms with E-state index in [-0.39, 0.29) is 6.04 Å². The van der Waals surface area contributed by atoms with Crippen LogP contribution in [0, 0.1) is 0 Å². The fourth-order valence-corrected chi connectivity index (χ4v) is 2.30. The minimum Gasteiger partial charge on any atom is -0.305 e. The molecule has 5 nitrogen and oxygen atoms in total. The highest BCUT2D eigenvalue weighted by Crippen LogP contribution is 2.18.